The summed E-state index contributed by atoms with van der Waals surface area (Å²) in [5.74, 6) is 0.394. The Morgan fingerprint density at radius 1 is 0.785 bits per heavy atom. The average molecular weight is 878 g/mol. The van der Waals surface area contributed by atoms with E-state index in [0.717, 1.165) is 76.2 Å². The highest BCUT2D eigenvalue weighted by atomic mass is 16.5. The van der Waals surface area contributed by atoms with Crippen LogP contribution >= 0.6 is 0 Å². The maximum absolute atomic E-state index is 13.6. The van der Waals surface area contributed by atoms with Crippen molar-refractivity contribution in [3.05, 3.63) is 103 Å². The summed E-state index contributed by atoms with van der Waals surface area (Å²) in [6, 6.07) is 20.2. The SMILES string of the molecule is COC(=O)N[C@H](C(=O)N1CCC[C@H]1c1ncc(-c2ccc(-c3cnc4cc(-c5cnc([C@@H]6CCCN6C(=O)CNC(=O)CN6C(=O)CCc7ccccc76)[nH]5)ccc4n3)cc2)[nH]1)C(C)C. The molecule has 6 aromatic rings. The van der Waals surface area contributed by atoms with Gasteiger partial charge in [0.05, 0.1) is 72.4 Å². The molecule has 17 nitrogen and oxygen atoms in total. The Morgan fingerprint density at radius 3 is 2.17 bits per heavy atom. The van der Waals surface area contributed by atoms with Crippen LogP contribution in [0, 0.1) is 5.92 Å². The van der Waals surface area contributed by atoms with Gasteiger partial charge in [0.2, 0.25) is 23.6 Å². The summed E-state index contributed by atoms with van der Waals surface area (Å²) >= 11 is 0. The van der Waals surface area contributed by atoms with Crippen LogP contribution in [0.5, 0.6) is 0 Å². The molecule has 9 rings (SSSR count). The van der Waals surface area contributed by atoms with Crippen molar-refractivity contribution in [3.8, 4) is 33.8 Å². The molecular formula is C48H51N11O6. The number of anilines is 1. The average Bonchev–Trinajstić information content (AvgIpc) is 4.18. The third kappa shape index (κ3) is 8.90. The van der Waals surface area contributed by atoms with E-state index in [2.05, 4.69) is 30.6 Å². The van der Waals surface area contributed by atoms with Gasteiger partial charge in [0.15, 0.2) is 0 Å². The molecule has 3 aromatic carbocycles. The molecule has 3 aliphatic heterocycles. The Kier molecular flexibility index (Phi) is 12.1. The third-order valence-corrected chi connectivity index (χ3v) is 12.6. The predicted molar refractivity (Wildman–Crippen MR) is 242 cm³/mol. The molecule has 2 fully saturated rings. The molecule has 0 saturated carbocycles. The van der Waals surface area contributed by atoms with Crippen LogP contribution in [0.1, 0.15) is 75.2 Å². The molecule has 3 aliphatic rings. The van der Waals surface area contributed by atoms with Gasteiger partial charge in [0, 0.05) is 36.3 Å². The highest BCUT2D eigenvalue weighted by Gasteiger charge is 2.38. The molecule has 0 unspecified atom stereocenters. The van der Waals surface area contributed by atoms with E-state index in [-0.39, 0.29) is 54.7 Å². The number of aryl methyl sites for hydroxylation is 1. The molecule has 0 bridgehead atoms. The number of H-pyrrole nitrogens is 2. The van der Waals surface area contributed by atoms with E-state index in [1.807, 2.05) is 80.6 Å². The van der Waals surface area contributed by atoms with Gasteiger partial charge in [-0.25, -0.2) is 19.7 Å². The Morgan fingerprint density at radius 2 is 1.45 bits per heavy atom. The molecule has 6 heterocycles. The zero-order valence-electron chi connectivity index (χ0n) is 36.5. The molecule has 3 aromatic heterocycles. The number of para-hydroxylation sites is 1. The van der Waals surface area contributed by atoms with E-state index in [0.29, 0.717) is 43.1 Å². The van der Waals surface area contributed by atoms with E-state index < -0.39 is 12.1 Å². The van der Waals surface area contributed by atoms with Gasteiger partial charge in [-0.2, -0.15) is 0 Å². The number of methoxy groups -OCH3 is 1. The van der Waals surface area contributed by atoms with Crippen molar-refractivity contribution in [2.24, 2.45) is 5.92 Å². The number of hydrogen-bond donors (Lipinski definition) is 4. The number of amides is 5. The number of fused-ring (bicyclic) bond motifs is 2. The number of ether oxygens (including phenoxy) is 1. The number of benzene rings is 3. The maximum Gasteiger partial charge on any atom is 0.407 e. The molecule has 0 aliphatic carbocycles. The number of nitrogens with zero attached hydrogens (tertiary/aromatic N) is 7. The fourth-order valence-electron chi connectivity index (χ4n) is 9.13. The monoisotopic (exact) mass is 877 g/mol. The van der Waals surface area contributed by atoms with Crippen molar-refractivity contribution in [1.29, 1.82) is 0 Å². The fraction of sp³-hybridized carbons (Fsp3) is 0.354. The highest BCUT2D eigenvalue weighted by Crippen LogP contribution is 2.35. The van der Waals surface area contributed by atoms with Gasteiger partial charge in [-0.1, -0.05) is 62.4 Å². The van der Waals surface area contributed by atoms with E-state index in [9.17, 15) is 24.0 Å². The van der Waals surface area contributed by atoms with Gasteiger partial charge < -0.3 is 40.0 Å². The first kappa shape index (κ1) is 42.9. The van der Waals surface area contributed by atoms with Crippen molar-refractivity contribution < 1.29 is 28.7 Å². The molecular weight excluding hydrogens is 827 g/mol. The summed E-state index contributed by atoms with van der Waals surface area (Å²) < 4.78 is 4.76. The Hall–Kier alpha value is -7.43. The van der Waals surface area contributed by atoms with E-state index in [4.69, 9.17) is 14.7 Å². The minimum atomic E-state index is -0.704. The van der Waals surface area contributed by atoms with Gasteiger partial charge in [0.25, 0.3) is 0 Å². The predicted octanol–water partition coefficient (Wildman–Crippen LogP) is 5.88. The van der Waals surface area contributed by atoms with Crippen molar-refractivity contribution in [2.75, 3.05) is 38.2 Å². The standard InChI is InChI=1S/C48H51N11O6/c1-28(2)44(56-48(64)65-3)47(63)58-21-7-11-40(58)46-51-24-36(54-46)30-14-12-29(13-15-30)35-23-49-34-22-32(16-18-33(34)53-35)37-25-52-45(55-37)39-10-6-20-57(39)43(62)26-50-41(60)27-59-38-9-5-4-8-31(38)17-19-42(59)61/h4-5,8-9,12-16,18,22-25,28,39-40,44H,6-7,10-11,17,19-21,26-27H2,1-3H3,(H,50,60)(H,51,54)(H,52,55)(H,56,64)/t39-,40-,44-/m0/s1. The second-order valence-corrected chi connectivity index (χ2v) is 17.1. The van der Waals surface area contributed by atoms with Crippen LogP contribution in [-0.2, 0) is 30.3 Å². The second-order valence-electron chi connectivity index (χ2n) is 17.1. The minimum absolute atomic E-state index is 0.106. The lowest BCUT2D eigenvalue weighted by Gasteiger charge is -2.30. The third-order valence-electron chi connectivity index (χ3n) is 12.6. The number of imidazole rings is 2. The molecule has 0 spiro atoms. The number of alkyl carbamates (subject to hydrolysis) is 1. The zero-order valence-corrected chi connectivity index (χ0v) is 36.5. The lowest BCUT2D eigenvalue weighted by molar-refractivity contribution is -0.135. The zero-order chi connectivity index (χ0) is 45.2. The number of hydrogen-bond acceptors (Lipinski definition) is 10. The normalized spacial score (nSPS) is 17.7. The van der Waals surface area contributed by atoms with Crippen LogP contribution in [0.2, 0.25) is 0 Å². The number of carbonyl (C=O) groups excluding carboxylic acids is 5. The smallest absolute Gasteiger partial charge is 0.407 e. The summed E-state index contributed by atoms with van der Waals surface area (Å²) in [5, 5.41) is 5.42. The maximum atomic E-state index is 13.6. The number of aromatic amines is 2. The van der Waals surface area contributed by atoms with Crippen LogP contribution < -0.4 is 15.5 Å². The molecule has 3 atom stereocenters. The van der Waals surface area contributed by atoms with Crippen LogP contribution in [0.15, 0.2) is 85.3 Å². The minimum Gasteiger partial charge on any atom is -0.453 e. The van der Waals surface area contributed by atoms with Gasteiger partial charge >= 0.3 is 6.09 Å². The summed E-state index contributed by atoms with van der Waals surface area (Å²) in [4.78, 5) is 95.4. The Bertz CT molecular complexity index is 2770. The number of nitrogens with one attached hydrogen (secondary N) is 4. The molecule has 0 radical (unpaired) electrons. The molecule has 334 valence electrons. The molecule has 4 N–H and O–H groups in total. The summed E-state index contributed by atoms with van der Waals surface area (Å²) in [6.07, 6.45) is 8.79. The molecule has 5 amide bonds. The summed E-state index contributed by atoms with van der Waals surface area (Å²) in [5.41, 5.74) is 8.25. The second kappa shape index (κ2) is 18.3. The Labute approximate surface area is 375 Å². The van der Waals surface area contributed by atoms with Crippen LogP contribution in [0.3, 0.4) is 0 Å². The van der Waals surface area contributed by atoms with Crippen LogP contribution in [0.25, 0.3) is 44.8 Å². The van der Waals surface area contributed by atoms with Crippen molar-refractivity contribution in [1.82, 2.24) is 50.3 Å². The number of carbonyl (C=O) groups is 5. The largest absolute Gasteiger partial charge is 0.453 e. The first-order chi connectivity index (χ1) is 31.5. The number of rotatable bonds is 12. The van der Waals surface area contributed by atoms with Gasteiger partial charge in [-0.05, 0) is 67.3 Å². The topological polar surface area (TPSA) is 211 Å². The van der Waals surface area contributed by atoms with E-state index >= 15 is 0 Å². The molecule has 17 heteroatoms. The van der Waals surface area contributed by atoms with Gasteiger partial charge in [-0.3, -0.25) is 24.2 Å². The summed E-state index contributed by atoms with van der Waals surface area (Å²) in [7, 11) is 1.28. The van der Waals surface area contributed by atoms with Crippen LogP contribution in [-0.4, -0.2) is 109 Å². The summed E-state index contributed by atoms with van der Waals surface area (Å²) in [6.45, 7) is 4.61. The lowest BCUT2D eigenvalue weighted by Crippen LogP contribution is -2.51. The van der Waals surface area contributed by atoms with E-state index in [1.54, 1.807) is 28.4 Å². The quantitative estimate of drug-likeness (QED) is 0.115. The van der Waals surface area contributed by atoms with Crippen molar-refractivity contribution in [3.63, 3.8) is 0 Å². The number of aromatic nitrogens is 6. The van der Waals surface area contributed by atoms with Crippen molar-refractivity contribution in [2.45, 2.75) is 70.5 Å². The highest BCUT2D eigenvalue weighted by molar-refractivity contribution is 6.01. The van der Waals surface area contributed by atoms with Crippen molar-refractivity contribution >= 4 is 46.4 Å². The Balaban J connectivity index is 0.819. The molecule has 65 heavy (non-hydrogen) atoms. The van der Waals surface area contributed by atoms with Gasteiger partial charge in [0.1, 0.15) is 24.2 Å². The van der Waals surface area contributed by atoms with E-state index in [1.165, 1.54) is 12.0 Å². The lowest BCUT2D eigenvalue weighted by atomic mass is 10.0. The number of likely N-dealkylation sites (tertiary alicyclic amines) is 2. The fourth-order valence-corrected chi connectivity index (χ4v) is 9.13. The first-order valence-electron chi connectivity index (χ1n) is 22.1. The van der Waals surface area contributed by atoms with Crippen LogP contribution in [0.4, 0.5) is 10.5 Å². The first-order valence-corrected chi connectivity index (χ1v) is 22.1. The molecule has 2 saturated heterocycles. The van der Waals surface area contributed by atoms with Gasteiger partial charge in [-0.15, -0.1) is 0 Å².